The quantitative estimate of drug-likeness (QED) is 0.184. The molecule has 2 N–H and O–H groups in total. The first kappa shape index (κ1) is 28.9. The van der Waals surface area contributed by atoms with Gasteiger partial charge in [-0.15, -0.1) is 0 Å². The lowest BCUT2D eigenvalue weighted by atomic mass is 10.0. The topological polar surface area (TPSA) is 86.3 Å². The molecule has 0 aliphatic rings. The summed E-state index contributed by atoms with van der Waals surface area (Å²) in [6.07, 6.45) is 0. The average molecular weight is 550 g/mol. The van der Waals surface area contributed by atoms with E-state index in [1.165, 1.54) is 0 Å². The smallest absolute Gasteiger partial charge is 0.255 e. The second-order valence-electron chi connectivity index (χ2n) is 9.80. The van der Waals surface area contributed by atoms with E-state index in [0.717, 1.165) is 22.5 Å². The van der Waals surface area contributed by atoms with Gasteiger partial charge in [-0.25, -0.2) is 0 Å². The van der Waals surface area contributed by atoms with E-state index >= 15 is 0 Å². The van der Waals surface area contributed by atoms with Gasteiger partial charge in [-0.3, -0.25) is 9.59 Å². The lowest BCUT2D eigenvalue weighted by molar-refractivity contribution is 0.101. The molecule has 0 aliphatic heterocycles. The number of nitrogens with zero attached hydrogens (tertiary/aromatic N) is 3. The van der Waals surface area contributed by atoms with Gasteiger partial charge < -0.3 is 25.3 Å². The molecule has 0 aromatic heterocycles. The van der Waals surface area contributed by atoms with Gasteiger partial charge in [-0.1, -0.05) is 29.4 Å². The van der Waals surface area contributed by atoms with Gasteiger partial charge in [0, 0.05) is 73.2 Å². The average Bonchev–Trinajstić information content (AvgIpc) is 2.99. The van der Waals surface area contributed by atoms with Crippen molar-refractivity contribution in [2.24, 2.45) is 5.16 Å². The Labute approximate surface area is 241 Å². The summed E-state index contributed by atoms with van der Waals surface area (Å²) in [7, 11) is 7.83. The van der Waals surface area contributed by atoms with Crippen LogP contribution in [-0.4, -0.2) is 52.3 Å². The third-order valence-corrected chi connectivity index (χ3v) is 6.41. The Morgan fingerprint density at radius 2 is 0.927 bits per heavy atom. The highest BCUT2D eigenvalue weighted by Gasteiger charge is 2.12. The van der Waals surface area contributed by atoms with E-state index in [0.29, 0.717) is 34.8 Å². The number of amides is 2. The Hall–Kier alpha value is -5.11. The molecule has 8 nitrogen and oxygen atoms in total. The fraction of sp³-hybridized carbons (Fsp3) is 0.182. The van der Waals surface area contributed by atoms with Gasteiger partial charge in [0.1, 0.15) is 12.3 Å². The maximum atomic E-state index is 12.7. The van der Waals surface area contributed by atoms with Crippen molar-refractivity contribution in [1.82, 2.24) is 0 Å². The van der Waals surface area contributed by atoms with Crippen molar-refractivity contribution in [2.75, 3.05) is 55.2 Å². The largest absolute Gasteiger partial charge is 0.396 e. The number of anilines is 4. The van der Waals surface area contributed by atoms with Gasteiger partial charge in [0.25, 0.3) is 11.8 Å². The number of hydrogen-bond acceptors (Lipinski definition) is 6. The standard InChI is InChI=1S/C33H35N5O3/c1-6-41-36-31(23-7-15-27(16-8-23)34-32(39)25-11-19-29(20-12-25)37(2)3)24-9-17-28(18-10-24)35-33(40)26-13-21-30(22-14-26)38(4)5/h7-22H,6H2,1-5H3,(H,34,39)(H,35,40). The molecule has 0 atom stereocenters. The van der Waals surface area contributed by atoms with Gasteiger partial charge in [-0.2, -0.15) is 0 Å². The van der Waals surface area contributed by atoms with Gasteiger partial charge >= 0.3 is 0 Å². The highest BCUT2D eigenvalue weighted by Crippen LogP contribution is 2.20. The van der Waals surface area contributed by atoms with E-state index < -0.39 is 0 Å². The van der Waals surface area contributed by atoms with Crippen molar-refractivity contribution in [1.29, 1.82) is 0 Å². The van der Waals surface area contributed by atoms with E-state index in [9.17, 15) is 9.59 Å². The van der Waals surface area contributed by atoms with Crippen LogP contribution in [0.5, 0.6) is 0 Å². The van der Waals surface area contributed by atoms with Gasteiger partial charge in [0.2, 0.25) is 0 Å². The number of benzene rings is 4. The second-order valence-corrected chi connectivity index (χ2v) is 9.80. The summed E-state index contributed by atoms with van der Waals surface area (Å²) in [6, 6.07) is 29.7. The van der Waals surface area contributed by atoms with Crippen LogP contribution in [0, 0.1) is 0 Å². The highest BCUT2D eigenvalue weighted by atomic mass is 16.6. The third kappa shape index (κ3) is 7.51. The number of hydrogen-bond donors (Lipinski definition) is 2. The lowest BCUT2D eigenvalue weighted by Crippen LogP contribution is -2.14. The Morgan fingerprint density at radius 3 is 1.24 bits per heavy atom. The number of oxime groups is 1. The number of nitrogens with one attached hydrogen (secondary N) is 2. The fourth-order valence-corrected chi connectivity index (χ4v) is 4.05. The molecule has 4 aromatic carbocycles. The maximum Gasteiger partial charge on any atom is 0.255 e. The van der Waals surface area contributed by atoms with Crippen LogP contribution in [-0.2, 0) is 4.84 Å². The molecule has 210 valence electrons. The Morgan fingerprint density at radius 1 is 0.585 bits per heavy atom. The van der Waals surface area contributed by atoms with Gasteiger partial charge in [0.05, 0.1) is 0 Å². The van der Waals surface area contributed by atoms with E-state index in [-0.39, 0.29) is 11.8 Å². The summed E-state index contributed by atoms with van der Waals surface area (Å²) in [5.74, 6) is -0.366. The van der Waals surface area contributed by atoms with Crippen LogP contribution in [0.25, 0.3) is 0 Å². The van der Waals surface area contributed by atoms with Crippen LogP contribution in [0.15, 0.2) is 102 Å². The Kier molecular flexibility index (Phi) is 9.37. The predicted octanol–water partition coefficient (Wildman–Crippen LogP) is 6.11. The maximum absolute atomic E-state index is 12.7. The van der Waals surface area contributed by atoms with Crippen molar-refractivity contribution in [3.8, 4) is 0 Å². The molecular formula is C33H35N5O3. The molecular weight excluding hydrogens is 514 g/mol. The molecule has 0 saturated heterocycles. The van der Waals surface area contributed by atoms with Crippen molar-refractivity contribution in [3.05, 3.63) is 119 Å². The van der Waals surface area contributed by atoms with Crippen LogP contribution in [0.1, 0.15) is 38.8 Å². The van der Waals surface area contributed by atoms with Gasteiger partial charge in [-0.05, 0) is 79.7 Å². The van der Waals surface area contributed by atoms with Crippen LogP contribution in [0.4, 0.5) is 22.7 Å². The zero-order chi connectivity index (χ0) is 29.4. The van der Waals surface area contributed by atoms with E-state index in [2.05, 4.69) is 15.8 Å². The number of carbonyl (C=O) groups excluding carboxylic acids is 2. The number of carbonyl (C=O) groups is 2. The normalized spacial score (nSPS) is 10.4. The van der Waals surface area contributed by atoms with Crippen molar-refractivity contribution >= 4 is 40.3 Å². The molecule has 0 saturated carbocycles. The molecule has 4 rings (SSSR count). The molecule has 0 spiro atoms. The fourth-order valence-electron chi connectivity index (χ4n) is 4.05. The molecule has 0 unspecified atom stereocenters. The first-order valence-corrected chi connectivity index (χ1v) is 13.3. The molecule has 2 amide bonds. The van der Waals surface area contributed by atoms with E-state index in [4.69, 9.17) is 4.84 Å². The molecule has 0 fully saturated rings. The first-order chi connectivity index (χ1) is 19.7. The lowest BCUT2D eigenvalue weighted by Gasteiger charge is -2.13. The zero-order valence-electron chi connectivity index (χ0n) is 24.0. The predicted molar refractivity (Wildman–Crippen MR) is 168 cm³/mol. The minimum Gasteiger partial charge on any atom is -0.396 e. The molecule has 4 aromatic rings. The van der Waals surface area contributed by atoms with Crippen molar-refractivity contribution < 1.29 is 14.4 Å². The zero-order valence-corrected chi connectivity index (χ0v) is 24.0. The summed E-state index contributed by atoms with van der Waals surface area (Å²) in [6.45, 7) is 2.29. The van der Waals surface area contributed by atoms with Crippen molar-refractivity contribution in [3.63, 3.8) is 0 Å². The molecule has 8 heteroatoms. The van der Waals surface area contributed by atoms with E-state index in [1.54, 1.807) is 24.3 Å². The summed E-state index contributed by atoms with van der Waals surface area (Å²) in [5, 5.41) is 10.2. The Bertz CT molecular complexity index is 1380. The summed E-state index contributed by atoms with van der Waals surface area (Å²) < 4.78 is 0. The van der Waals surface area contributed by atoms with Crippen LogP contribution < -0.4 is 20.4 Å². The molecule has 0 bridgehead atoms. The number of rotatable bonds is 10. The van der Waals surface area contributed by atoms with Crippen LogP contribution >= 0.6 is 0 Å². The summed E-state index contributed by atoms with van der Waals surface area (Å²) in [5.41, 5.74) is 6.84. The summed E-state index contributed by atoms with van der Waals surface area (Å²) >= 11 is 0. The minimum atomic E-state index is -0.183. The summed E-state index contributed by atoms with van der Waals surface area (Å²) in [4.78, 5) is 34.8. The molecule has 41 heavy (non-hydrogen) atoms. The molecule has 0 aliphatic carbocycles. The van der Waals surface area contributed by atoms with Crippen LogP contribution in [0.3, 0.4) is 0 Å². The van der Waals surface area contributed by atoms with Crippen LogP contribution in [0.2, 0.25) is 0 Å². The molecule has 0 heterocycles. The highest BCUT2D eigenvalue weighted by molar-refractivity contribution is 6.13. The van der Waals surface area contributed by atoms with E-state index in [1.807, 2.05) is 118 Å². The first-order valence-electron chi connectivity index (χ1n) is 13.3. The minimum absolute atomic E-state index is 0.183. The monoisotopic (exact) mass is 549 g/mol. The Balaban J connectivity index is 1.45. The van der Waals surface area contributed by atoms with Crippen molar-refractivity contribution in [2.45, 2.75) is 6.92 Å². The van der Waals surface area contributed by atoms with Gasteiger partial charge in [0.15, 0.2) is 0 Å². The SMILES string of the molecule is CCON=C(c1ccc(NC(=O)c2ccc(N(C)C)cc2)cc1)c1ccc(NC(=O)c2ccc(N(C)C)cc2)cc1. The second kappa shape index (κ2) is 13.3. The molecule has 0 radical (unpaired) electrons. The third-order valence-electron chi connectivity index (χ3n) is 6.41.